The quantitative estimate of drug-likeness (QED) is 0.840. The van der Waals surface area contributed by atoms with Gasteiger partial charge >= 0.3 is 0 Å². The average Bonchev–Trinajstić information content (AvgIpc) is 2.64. The normalized spacial score (nSPS) is 10.3. The molecule has 0 amide bonds. The molecule has 2 aromatic rings. The highest BCUT2D eigenvalue weighted by Gasteiger charge is 2.12. The van der Waals surface area contributed by atoms with Gasteiger partial charge in [-0.1, -0.05) is 0 Å². The van der Waals surface area contributed by atoms with Crippen molar-refractivity contribution in [3.8, 4) is 17.0 Å². The first-order chi connectivity index (χ1) is 7.22. The molecular weight excluding hydrogens is 281 g/mol. The molecule has 5 heteroatoms. The summed E-state index contributed by atoms with van der Waals surface area (Å²) in [4.78, 5) is 4.16. The number of thiazole rings is 1. The number of nitrogens with zero attached hydrogens (tertiary/aromatic N) is 1. The second-order valence-corrected chi connectivity index (χ2v) is 4.99. The number of aromatic nitrogens is 1. The van der Waals surface area contributed by atoms with Crippen LogP contribution in [0.2, 0.25) is 0 Å². The zero-order valence-electron chi connectivity index (χ0n) is 7.83. The van der Waals surface area contributed by atoms with Crippen molar-refractivity contribution in [2.75, 3.05) is 7.11 Å². The second kappa shape index (κ2) is 4.28. The smallest absolute Gasteiger partial charge is 0.128 e. The lowest BCUT2D eigenvalue weighted by Gasteiger charge is -2.06. The molecule has 0 aliphatic carbocycles. The zero-order valence-corrected chi connectivity index (χ0v) is 10.2. The lowest BCUT2D eigenvalue weighted by Crippen LogP contribution is -1.89. The molecule has 0 saturated heterocycles. The van der Waals surface area contributed by atoms with Crippen LogP contribution in [0.3, 0.4) is 0 Å². The molecule has 0 atom stereocenters. The van der Waals surface area contributed by atoms with Gasteiger partial charge in [-0.05, 0) is 34.1 Å². The summed E-state index contributed by atoms with van der Waals surface area (Å²) in [5.74, 6) is 0.314. The van der Waals surface area contributed by atoms with E-state index in [4.69, 9.17) is 4.74 Å². The molecule has 0 fully saturated rings. The van der Waals surface area contributed by atoms with Crippen molar-refractivity contribution in [3.05, 3.63) is 33.3 Å². The average molecular weight is 288 g/mol. The van der Waals surface area contributed by atoms with Crippen LogP contribution in [0.25, 0.3) is 11.3 Å². The van der Waals surface area contributed by atoms with Gasteiger partial charge in [0.15, 0.2) is 0 Å². The molecule has 0 aliphatic rings. The summed E-state index contributed by atoms with van der Waals surface area (Å²) in [6.07, 6.45) is 0. The molecule has 0 spiro atoms. The Morgan fingerprint density at radius 3 is 2.87 bits per heavy atom. The predicted octanol–water partition coefficient (Wildman–Crippen LogP) is 3.72. The van der Waals surface area contributed by atoms with Crippen LogP contribution in [0, 0.1) is 5.82 Å². The van der Waals surface area contributed by atoms with E-state index in [9.17, 15) is 4.39 Å². The van der Waals surface area contributed by atoms with Gasteiger partial charge in [0.2, 0.25) is 0 Å². The van der Waals surface area contributed by atoms with Crippen molar-refractivity contribution in [3.63, 3.8) is 0 Å². The molecule has 0 N–H and O–H groups in total. The fraction of sp³-hybridized carbons (Fsp3) is 0.100. The number of rotatable bonds is 2. The van der Waals surface area contributed by atoms with Crippen LogP contribution in [0.15, 0.2) is 27.5 Å². The van der Waals surface area contributed by atoms with E-state index < -0.39 is 0 Å². The molecule has 0 bridgehead atoms. The SMILES string of the molecule is COc1ccc(F)cc1-c1ncsc1Br. The van der Waals surface area contributed by atoms with Crippen LogP contribution in [-0.4, -0.2) is 12.1 Å². The van der Waals surface area contributed by atoms with Gasteiger partial charge in [-0.3, -0.25) is 0 Å². The molecule has 0 aliphatic heterocycles. The van der Waals surface area contributed by atoms with E-state index in [1.54, 1.807) is 18.7 Å². The van der Waals surface area contributed by atoms with Gasteiger partial charge in [-0.15, -0.1) is 11.3 Å². The van der Waals surface area contributed by atoms with Crippen LogP contribution in [0.4, 0.5) is 4.39 Å². The van der Waals surface area contributed by atoms with Crippen molar-refractivity contribution in [1.82, 2.24) is 4.98 Å². The standard InChI is InChI=1S/C10H7BrFNOS/c1-14-8-3-2-6(12)4-7(8)9-10(11)15-5-13-9/h2-5H,1H3. The molecule has 0 saturated carbocycles. The first-order valence-electron chi connectivity index (χ1n) is 4.15. The molecule has 0 unspecified atom stereocenters. The van der Waals surface area contributed by atoms with Crippen LogP contribution < -0.4 is 4.74 Å². The van der Waals surface area contributed by atoms with E-state index in [1.165, 1.54) is 23.5 Å². The first kappa shape index (κ1) is 10.6. The van der Waals surface area contributed by atoms with Crippen LogP contribution in [-0.2, 0) is 0 Å². The van der Waals surface area contributed by atoms with E-state index in [0.717, 1.165) is 3.79 Å². The number of halogens is 2. The third-order valence-corrected chi connectivity index (χ3v) is 3.49. The summed E-state index contributed by atoms with van der Waals surface area (Å²) in [5, 5.41) is 0. The van der Waals surface area contributed by atoms with Gasteiger partial charge < -0.3 is 4.74 Å². The maximum Gasteiger partial charge on any atom is 0.128 e. The summed E-state index contributed by atoms with van der Waals surface area (Å²) in [6.45, 7) is 0. The Balaban J connectivity index is 2.60. The van der Waals surface area contributed by atoms with Crippen molar-refractivity contribution in [2.45, 2.75) is 0 Å². The molecular formula is C10H7BrFNOS. The van der Waals surface area contributed by atoms with E-state index in [2.05, 4.69) is 20.9 Å². The summed E-state index contributed by atoms with van der Waals surface area (Å²) in [5.41, 5.74) is 3.06. The Kier molecular flexibility index (Phi) is 3.02. The van der Waals surface area contributed by atoms with E-state index in [1.807, 2.05) is 0 Å². The summed E-state index contributed by atoms with van der Waals surface area (Å²) >= 11 is 4.82. The van der Waals surface area contributed by atoms with Gasteiger partial charge in [0.05, 0.1) is 22.1 Å². The Morgan fingerprint density at radius 2 is 2.27 bits per heavy atom. The van der Waals surface area contributed by atoms with Gasteiger partial charge in [0, 0.05) is 5.56 Å². The highest BCUT2D eigenvalue weighted by atomic mass is 79.9. The van der Waals surface area contributed by atoms with Crippen LogP contribution >= 0.6 is 27.3 Å². The first-order valence-corrected chi connectivity index (χ1v) is 5.82. The maximum atomic E-state index is 13.1. The maximum absolute atomic E-state index is 13.1. The number of ether oxygens (including phenoxy) is 1. The predicted molar refractivity (Wildman–Crippen MR) is 61.8 cm³/mol. The Morgan fingerprint density at radius 1 is 1.47 bits per heavy atom. The highest BCUT2D eigenvalue weighted by Crippen LogP contribution is 2.36. The van der Waals surface area contributed by atoms with Gasteiger partial charge in [0.1, 0.15) is 11.6 Å². The third-order valence-electron chi connectivity index (χ3n) is 1.94. The minimum Gasteiger partial charge on any atom is -0.496 e. The van der Waals surface area contributed by atoms with E-state index in [-0.39, 0.29) is 5.82 Å². The number of benzene rings is 1. The van der Waals surface area contributed by atoms with E-state index in [0.29, 0.717) is 17.0 Å². The zero-order chi connectivity index (χ0) is 10.8. The molecule has 1 heterocycles. The van der Waals surface area contributed by atoms with Gasteiger partial charge in [0.25, 0.3) is 0 Å². The molecule has 78 valence electrons. The van der Waals surface area contributed by atoms with Gasteiger partial charge in [-0.2, -0.15) is 0 Å². The molecule has 2 nitrogen and oxygen atoms in total. The fourth-order valence-electron chi connectivity index (χ4n) is 1.27. The number of hydrogen-bond donors (Lipinski definition) is 0. The Bertz CT molecular complexity index is 486. The summed E-state index contributed by atoms with van der Waals surface area (Å²) in [7, 11) is 1.55. The van der Waals surface area contributed by atoms with Crippen molar-refractivity contribution in [2.24, 2.45) is 0 Å². The summed E-state index contributed by atoms with van der Waals surface area (Å²) < 4.78 is 19.1. The fourth-order valence-corrected chi connectivity index (χ4v) is 2.36. The third kappa shape index (κ3) is 2.03. The van der Waals surface area contributed by atoms with E-state index >= 15 is 0 Å². The topological polar surface area (TPSA) is 22.1 Å². The van der Waals surface area contributed by atoms with Gasteiger partial charge in [-0.25, -0.2) is 9.37 Å². The van der Waals surface area contributed by atoms with Crippen molar-refractivity contribution in [1.29, 1.82) is 0 Å². The highest BCUT2D eigenvalue weighted by molar-refractivity contribution is 9.11. The minimum atomic E-state index is -0.300. The van der Waals surface area contributed by atoms with Crippen molar-refractivity contribution < 1.29 is 9.13 Å². The van der Waals surface area contributed by atoms with Crippen LogP contribution in [0.5, 0.6) is 5.75 Å². The Labute approximate surface area is 98.9 Å². The minimum absolute atomic E-state index is 0.300. The molecule has 1 aromatic carbocycles. The number of hydrogen-bond acceptors (Lipinski definition) is 3. The second-order valence-electron chi connectivity index (χ2n) is 2.82. The summed E-state index contributed by atoms with van der Waals surface area (Å²) in [6, 6.07) is 4.37. The molecule has 1 aromatic heterocycles. The lowest BCUT2D eigenvalue weighted by molar-refractivity contribution is 0.415. The molecule has 15 heavy (non-hydrogen) atoms. The molecule has 2 rings (SSSR count). The largest absolute Gasteiger partial charge is 0.496 e. The Hall–Kier alpha value is -0.940. The molecule has 0 radical (unpaired) electrons. The number of methoxy groups -OCH3 is 1. The monoisotopic (exact) mass is 287 g/mol. The van der Waals surface area contributed by atoms with Crippen LogP contribution in [0.1, 0.15) is 0 Å². The lowest BCUT2D eigenvalue weighted by atomic mass is 10.1. The van der Waals surface area contributed by atoms with Crippen molar-refractivity contribution >= 4 is 27.3 Å².